The number of carbonyl (C=O) groups excluding carboxylic acids is 1. The lowest BCUT2D eigenvalue weighted by Crippen LogP contribution is -2.29. The molecule has 1 aromatic carbocycles. The molecule has 16 heavy (non-hydrogen) atoms. The van der Waals surface area contributed by atoms with E-state index in [0.29, 0.717) is 6.42 Å². The Kier molecular flexibility index (Phi) is 4.35. The van der Waals surface area contributed by atoms with Gasteiger partial charge in [-0.25, -0.2) is 0 Å². The van der Waals surface area contributed by atoms with Crippen molar-refractivity contribution in [2.75, 3.05) is 5.43 Å². The lowest BCUT2D eigenvalue weighted by molar-refractivity contribution is -0.120. The molecule has 3 nitrogen and oxygen atoms in total. The van der Waals surface area contributed by atoms with Crippen LogP contribution < -0.4 is 10.9 Å². The molecule has 0 bridgehead atoms. The zero-order valence-corrected chi connectivity index (χ0v) is 10.5. The van der Waals surface area contributed by atoms with Crippen molar-refractivity contribution in [3.8, 4) is 0 Å². The minimum Gasteiger partial charge on any atom is -0.298 e. The van der Waals surface area contributed by atoms with Gasteiger partial charge in [0.05, 0.1) is 5.69 Å². The zero-order chi connectivity index (χ0) is 12.1. The maximum Gasteiger partial charge on any atom is 0.238 e. The second kappa shape index (κ2) is 5.54. The normalized spacial score (nSPS) is 10.0. The first-order valence-electron chi connectivity index (χ1n) is 5.67. The van der Waals surface area contributed by atoms with Gasteiger partial charge < -0.3 is 0 Å². The Morgan fingerprint density at radius 3 is 2.25 bits per heavy atom. The van der Waals surface area contributed by atoms with E-state index in [9.17, 15) is 4.79 Å². The third kappa shape index (κ3) is 3.26. The molecule has 0 aliphatic heterocycles. The number of carbonyl (C=O) groups is 1. The molecule has 0 saturated carbocycles. The maximum atomic E-state index is 11.3. The second-order valence-corrected chi connectivity index (χ2v) is 4.20. The number of aryl methyl sites for hydroxylation is 3. The fourth-order valence-corrected chi connectivity index (χ4v) is 1.80. The summed E-state index contributed by atoms with van der Waals surface area (Å²) in [6.45, 7) is 8.13. The molecule has 0 atom stereocenters. The van der Waals surface area contributed by atoms with Crippen LogP contribution >= 0.6 is 0 Å². The minimum atomic E-state index is 0.0295. The van der Waals surface area contributed by atoms with Gasteiger partial charge in [-0.15, -0.1) is 0 Å². The fourth-order valence-electron chi connectivity index (χ4n) is 1.80. The van der Waals surface area contributed by atoms with Gasteiger partial charge in [-0.1, -0.05) is 24.6 Å². The van der Waals surface area contributed by atoms with Crippen LogP contribution in [0.15, 0.2) is 12.1 Å². The van der Waals surface area contributed by atoms with Gasteiger partial charge >= 0.3 is 0 Å². The predicted molar refractivity (Wildman–Crippen MR) is 67.3 cm³/mol. The van der Waals surface area contributed by atoms with Gasteiger partial charge in [0, 0.05) is 6.42 Å². The van der Waals surface area contributed by atoms with Crippen molar-refractivity contribution >= 4 is 11.6 Å². The van der Waals surface area contributed by atoms with Gasteiger partial charge in [0.25, 0.3) is 0 Å². The maximum absolute atomic E-state index is 11.3. The second-order valence-electron chi connectivity index (χ2n) is 4.20. The molecule has 1 aromatic rings. The molecule has 0 unspecified atom stereocenters. The van der Waals surface area contributed by atoms with Gasteiger partial charge in [-0.05, 0) is 38.3 Å². The molecule has 88 valence electrons. The highest BCUT2D eigenvalue weighted by Crippen LogP contribution is 2.20. The Morgan fingerprint density at radius 1 is 1.19 bits per heavy atom. The Bertz CT molecular complexity index is 363. The average Bonchev–Trinajstić information content (AvgIpc) is 2.16. The van der Waals surface area contributed by atoms with Crippen LogP contribution in [0.25, 0.3) is 0 Å². The van der Waals surface area contributed by atoms with Crippen molar-refractivity contribution in [1.29, 1.82) is 0 Å². The first-order valence-corrected chi connectivity index (χ1v) is 5.67. The summed E-state index contributed by atoms with van der Waals surface area (Å²) in [5.74, 6) is 0.0295. The molecule has 0 aromatic heterocycles. The Hall–Kier alpha value is -1.51. The summed E-state index contributed by atoms with van der Waals surface area (Å²) in [6.07, 6.45) is 1.41. The molecule has 0 saturated heterocycles. The number of rotatable bonds is 4. The topological polar surface area (TPSA) is 41.1 Å². The predicted octanol–water partition coefficient (Wildman–Crippen LogP) is 2.86. The van der Waals surface area contributed by atoms with Gasteiger partial charge in [0.1, 0.15) is 0 Å². The molecule has 0 aliphatic rings. The number of nitrogens with one attached hydrogen (secondary N) is 2. The molecule has 0 aliphatic carbocycles. The summed E-state index contributed by atoms with van der Waals surface area (Å²) in [5.41, 5.74) is 10.2. The highest BCUT2D eigenvalue weighted by Gasteiger charge is 2.04. The van der Waals surface area contributed by atoms with Crippen molar-refractivity contribution in [3.63, 3.8) is 0 Å². The van der Waals surface area contributed by atoms with Crippen LogP contribution in [0.1, 0.15) is 36.5 Å². The third-order valence-corrected chi connectivity index (χ3v) is 2.48. The first kappa shape index (κ1) is 12.6. The largest absolute Gasteiger partial charge is 0.298 e. The molecular weight excluding hydrogens is 200 g/mol. The van der Waals surface area contributed by atoms with Crippen molar-refractivity contribution in [1.82, 2.24) is 5.43 Å². The van der Waals surface area contributed by atoms with Crippen LogP contribution in [0, 0.1) is 20.8 Å². The fraction of sp³-hybridized carbons (Fsp3) is 0.462. The van der Waals surface area contributed by atoms with Crippen LogP contribution in [0.3, 0.4) is 0 Å². The van der Waals surface area contributed by atoms with Crippen molar-refractivity contribution < 1.29 is 4.79 Å². The SMILES string of the molecule is CCCC(=O)NNc1c(C)cc(C)cc1C. The lowest BCUT2D eigenvalue weighted by atomic mass is 10.1. The third-order valence-electron chi connectivity index (χ3n) is 2.48. The molecule has 0 heterocycles. The first-order chi connectivity index (χ1) is 7.54. The molecule has 1 amide bonds. The van der Waals surface area contributed by atoms with Crippen LogP contribution in [-0.2, 0) is 4.79 Å². The van der Waals surface area contributed by atoms with E-state index < -0.39 is 0 Å². The van der Waals surface area contributed by atoms with Gasteiger partial charge in [-0.2, -0.15) is 0 Å². The summed E-state index contributed by atoms with van der Waals surface area (Å²) in [6, 6.07) is 4.20. The Balaban J connectivity index is 2.70. The average molecular weight is 220 g/mol. The standard InChI is InChI=1S/C13H20N2O/c1-5-6-12(16)14-15-13-10(3)7-9(2)8-11(13)4/h7-8,15H,5-6H2,1-4H3,(H,14,16). The number of amides is 1. The van der Waals surface area contributed by atoms with Crippen molar-refractivity contribution in [3.05, 3.63) is 28.8 Å². The minimum absolute atomic E-state index is 0.0295. The molecule has 2 N–H and O–H groups in total. The van der Waals surface area contributed by atoms with Crippen molar-refractivity contribution in [2.24, 2.45) is 0 Å². The summed E-state index contributed by atoms with van der Waals surface area (Å²) in [5, 5.41) is 0. The number of anilines is 1. The summed E-state index contributed by atoms with van der Waals surface area (Å²) in [4.78, 5) is 11.3. The molecule has 3 heteroatoms. The Morgan fingerprint density at radius 2 is 1.75 bits per heavy atom. The van der Waals surface area contributed by atoms with E-state index in [1.807, 2.05) is 20.8 Å². The van der Waals surface area contributed by atoms with Crippen LogP contribution in [-0.4, -0.2) is 5.91 Å². The van der Waals surface area contributed by atoms with E-state index in [1.165, 1.54) is 5.56 Å². The van der Waals surface area contributed by atoms with E-state index in [2.05, 4.69) is 29.9 Å². The number of hydrogen-bond acceptors (Lipinski definition) is 2. The molecular formula is C13H20N2O. The van der Waals surface area contributed by atoms with Crippen molar-refractivity contribution in [2.45, 2.75) is 40.5 Å². The van der Waals surface area contributed by atoms with E-state index >= 15 is 0 Å². The number of benzene rings is 1. The monoisotopic (exact) mass is 220 g/mol. The Labute approximate surface area is 97.2 Å². The quantitative estimate of drug-likeness (QED) is 0.766. The van der Waals surface area contributed by atoms with E-state index in [4.69, 9.17) is 0 Å². The highest BCUT2D eigenvalue weighted by atomic mass is 16.2. The van der Waals surface area contributed by atoms with Gasteiger partial charge in [0.2, 0.25) is 5.91 Å². The lowest BCUT2D eigenvalue weighted by Gasteiger charge is -2.14. The molecule has 0 spiro atoms. The van der Waals surface area contributed by atoms with E-state index in [0.717, 1.165) is 23.2 Å². The highest BCUT2D eigenvalue weighted by molar-refractivity contribution is 5.77. The molecule has 1 rings (SSSR count). The molecule has 0 radical (unpaired) electrons. The summed E-state index contributed by atoms with van der Waals surface area (Å²) < 4.78 is 0. The van der Waals surface area contributed by atoms with Crippen LogP contribution in [0.5, 0.6) is 0 Å². The van der Waals surface area contributed by atoms with Gasteiger partial charge in [-0.3, -0.25) is 15.6 Å². The number of hydrazine groups is 1. The summed E-state index contributed by atoms with van der Waals surface area (Å²) in [7, 11) is 0. The molecule has 0 fully saturated rings. The smallest absolute Gasteiger partial charge is 0.238 e. The van der Waals surface area contributed by atoms with E-state index in [1.54, 1.807) is 0 Å². The van der Waals surface area contributed by atoms with Crippen LogP contribution in [0.4, 0.5) is 5.69 Å². The van der Waals surface area contributed by atoms with Gasteiger partial charge in [0.15, 0.2) is 0 Å². The zero-order valence-electron chi connectivity index (χ0n) is 10.5. The van der Waals surface area contributed by atoms with E-state index in [-0.39, 0.29) is 5.91 Å². The number of hydrogen-bond donors (Lipinski definition) is 2. The summed E-state index contributed by atoms with van der Waals surface area (Å²) >= 11 is 0. The van der Waals surface area contributed by atoms with Crippen LogP contribution in [0.2, 0.25) is 0 Å².